The first-order valence-corrected chi connectivity index (χ1v) is 8.13. The fraction of sp³-hybridized carbons (Fsp3) is 0.600. The average molecular weight is 294 g/mol. The van der Waals surface area contributed by atoms with Gasteiger partial charge < -0.3 is 0 Å². The van der Waals surface area contributed by atoms with Gasteiger partial charge >= 0.3 is 0 Å². The van der Waals surface area contributed by atoms with E-state index in [0.29, 0.717) is 4.88 Å². The summed E-state index contributed by atoms with van der Waals surface area (Å²) in [5.41, 5.74) is 6.29. The highest BCUT2D eigenvalue weighted by atomic mass is 32.1. The van der Waals surface area contributed by atoms with Gasteiger partial charge in [-0.25, -0.2) is 0 Å². The number of carbonyl (C=O) groups is 2. The van der Waals surface area contributed by atoms with Crippen molar-refractivity contribution in [1.29, 1.82) is 0 Å². The van der Waals surface area contributed by atoms with Gasteiger partial charge in [-0.3, -0.25) is 20.4 Å². The van der Waals surface area contributed by atoms with Crippen LogP contribution in [0.1, 0.15) is 59.1 Å². The SMILES string of the molecule is CCc1cc(C(=O)NNC(=O)C2CCCCC2)sc1C. The molecule has 0 spiro atoms. The van der Waals surface area contributed by atoms with Crippen molar-refractivity contribution in [2.24, 2.45) is 5.92 Å². The molecule has 1 aromatic heterocycles. The van der Waals surface area contributed by atoms with E-state index in [4.69, 9.17) is 0 Å². The summed E-state index contributed by atoms with van der Waals surface area (Å²) in [7, 11) is 0. The van der Waals surface area contributed by atoms with E-state index in [1.165, 1.54) is 23.3 Å². The topological polar surface area (TPSA) is 58.2 Å². The largest absolute Gasteiger partial charge is 0.279 e. The molecule has 0 saturated heterocycles. The van der Waals surface area contributed by atoms with Crippen LogP contribution in [0.4, 0.5) is 0 Å². The summed E-state index contributed by atoms with van der Waals surface area (Å²) in [6.45, 7) is 4.09. The maximum Gasteiger partial charge on any atom is 0.279 e. The molecule has 0 radical (unpaired) electrons. The smallest absolute Gasteiger partial charge is 0.273 e. The van der Waals surface area contributed by atoms with E-state index in [9.17, 15) is 9.59 Å². The molecular formula is C15H22N2O2S. The number of hydrazine groups is 1. The van der Waals surface area contributed by atoms with Crippen LogP contribution in [0.5, 0.6) is 0 Å². The van der Waals surface area contributed by atoms with Crippen LogP contribution < -0.4 is 10.9 Å². The van der Waals surface area contributed by atoms with Crippen LogP contribution >= 0.6 is 11.3 Å². The van der Waals surface area contributed by atoms with Crippen LogP contribution in [0.2, 0.25) is 0 Å². The lowest BCUT2D eigenvalue weighted by Crippen LogP contribution is -2.44. The minimum Gasteiger partial charge on any atom is -0.273 e. The quantitative estimate of drug-likeness (QED) is 0.842. The fourth-order valence-electron chi connectivity index (χ4n) is 2.63. The summed E-state index contributed by atoms with van der Waals surface area (Å²) >= 11 is 1.47. The molecule has 5 heteroatoms. The minimum atomic E-state index is -0.220. The van der Waals surface area contributed by atoms with E-state index in [1.807, 2.05) is 13.0 Å². The Morgan fingerprint density at radius 1 is 1.25 bits per heavy atom. The third kappa shape index (κ3) is 3.60. The molecule has 1 aliphatic carbocycles. The summed E-state index contributed by atoms with van der Waals surface area (Å²) < 4.78 is 0. The van der Waals surface area contributed by atoms with Gasteiger partial charge in [0.15, 0.2) is 0 Å². The Bertz CT molecular complexity index is 490. The Hall–Kier alpha value is -1.36. The molecule has 2 amide bonds. The Labute approximate surface area is 123 Å². The molecule has 110 valence electrons. The maximum absolute atomic E-state index is 12.0. The second-order valence-electron chi connectivity index (χ2n) is 5.32. The number of nitrogens with one attached hydrogen (secondary N) is 2. The molecule has 0 aliphatic heterocycles. The Morgan fingerprint density at radius 2 is 1.95 bits per heavy atom. The lowest BCUT2D eigenvalue weighted by Gasteiger charge is -2.20. The van der Waals surface area contributed by atoms with Gasteiger partial charge in [-0.05, 0) is 37.8 Å². The van der Waals surface area contributed by atoms with Gasteiger partial charge in [0.25, 0.3) is 5.91 Å². The first-order chi connectivity index (χ1) is 9.61. The summed E-state index contributed by atoms with van der Waals surface area (Å²) in [5, 5.41) is 0. The maximum atomic E-state index is 12.0. The zero-order chi connectivity index (χ0) is 14.5. The lowest BCUT2D eigenvalue weighted by molar-refractivity contribution is -0.126. The molecular weight excluding hydrogens is 272 g/mol. The highest BCUT2D eigenvalue weighted by Crippen LogP contribution is 2.24. The first-order valence-electron chi connectivity index (χ1n) is 7.31. The van der Waals surface area contributed by atoms with Gasteiger partial charge in [0.1, 0.15) is 0 Å². The molecule has 1 fully saturated rings. The van der Waals surface area contributed by atoms with E-state index >= 15 is 0 Å². The van der Waals surface area contributed by atoms with Gasteiger partial charge in [0.2, 0.25) is 5.91 Å². The van der Waals surface area contributed by atoms with Gasteiger partial charge in [-0.1, -0.05) is 26.2 Å². The second-order valence-corrected chi connectivity index (χ2v) is 6.58. The Morgan fingerprint density at radius 3 is 2.55 bits per heavy atom. The number of thiophene rings is 1. The highest BCUT2D eigenvalue weighted by Gasteiger charge is 2.21. The average Bonchev–Trinajstić information content (AvgIpc) is 2.86. The normalized spacial score (nSPS) is 15.9. The molecule has 0 bridgehead atoms. The summed E-state index contributed by atoms with van der Waals surface area (Å²) in [5.74, 6) is -0.218. The van der Waals surface area contributed by atoms with Crippen LogP contribution in [0.15, 0.2) is 6.07 Å². The van der Waals surface area contributed by atoms with Crippen LogP contribution in [-0.4, -0.2) is 11.8 Å². The molecule has 1 aliphatic rings. The molecule has 2 rings (SSSR count). The Kier molecular flexibility index (Phi) is 5.17. The van der Waals surface area contributed by atoms with E-state index in [2.05, 4.69) is 17.8 Å². The second kappa shape index (κ2) is 6.88. The monoisotopic (exact) mass is 294 g/mol. The van der Waals surface area contributed by atoms with Gasteiger partial charge in [0.05, 0.1) is 4.88 Å². The van der Waals surface area contributed by atoms with Crippen molar-refractivity contribution < 1.29 is 9.59 Å². The van der Waals surface area contributed by atoms with Crippen molar-refractivity contribution in [2.45, 2.75) is 52.4 Å². The van der Waals surface area contributed by atoms with Crippen LogP contribution in [0.3, 0.4) is 0 Å². The van der Waals surface area contributed by atoms with Crippen LogP contribution in [0.25, 0.3) is 0 Å². The summed E-state index contributed by atoms with van der Waals surface area (Å²) in [4.78, 5) is 25.8. The summed E-state index contributed by atoms with van der Waals surface area (Å²) in [6.07, 6.45) is 6.21. The molecule has 0 atom stereocenters. The van der Waals surface area contributed by atoms with Crippen molar-refractivity contribution in [1.82, 2.24) is 10.9 Å². The predicted octanol–water partition coefficient (Wildman–Crippen LogP) is 2.96. The standard InChI is InChI=1S/C15H22N2O2S/c1-3-11-9-13(20-10(11)2)15(19)17-16-14(18)12-7-5-4-6-8-12/h9,12H,3-8H2,1-2H3,(H,16,18)(H,17,19). The zero-order valence-electron chi connectivity index (χ0n) is 12.1. The predicted molar refractivity (Wildman–Crippen MR) is 80.6 cm³/mol. The molecule has 2 N–H and O–H groups in total. The minimum absolute atomic E-state index is 0.0537. The van der Waals surface area contributed by atoms with E-state index < -0.39 is 0 Å². The van der Waals surface area contributed by atoms with Gasteiger partial charge in [0, 0.05) is 10.8 Å². The molecule has 1 aromatic rings. The van der Waals surface area contributed by atoms with Crippen molar-refractivity contribution >= 4 is 23.2 Å². The molecule has 1 saturated carbocycles. The number of amides is 2. The molecule has 1 heterocycles. The number of aryl methyl sites for hydroxylation is 2. The Balaban J connectivity index is 1.86. The number of carbonyl (C=O) groups excluding carboxylic acids is 2. The van der Waals surface area contributed by atoms with Crippen molar-refractivity contribution in [3.63, 3.8) is 0 Å². The molecule has 0 unspecified atom stereocenters. The fourth-order valence-corrected chi connectivity index (χ4v) is 3.64. The van der Waals surface area contributed by atoms with Gasteiger partial charge in [-0.15, -0.1) is 11.3 Å². The van der Waals surface area contributed by atoms with E-state index in [0.717, 1.165) is 37.0 Å². The van der Waals surface area contributed by atoms with Crippen molar-refractivity contribution in [2.75, 3.05) is 0 Å². The highest BCUT2D eigenvalue weighted by molar-refractivity contribution is 7.14. The summed E-state index contributed by atoms with van der Waals surface area (Å²) in [6, 6.07) is 1.90. The van der Waals surface area contributed by atoms with Gasteiger partial charge in [-0.2, -0.15) is 0 Å². The molecule has 0 aromatic carbocycles. The third-order valence-corrected chi connectivity index (χ3v) is 4.99. The van der Waals surface area contributed by atoms with Crippen LogP contribution in [0, 0.1) is 12.8 Å². The van der Waals surface area contributed by atoms with Crippen molar-refractivity contribution in [3.05, 3.63) is 21.4 Å². The number of hydrogen-bond acceptors (Lipinski definition) is 3. The first kappa shape index (κ1) is 15.0. The van der Waals surface area contributed by atoms with Crippen molar-refractivity contribution in [3.8, 4) is 0 Å². The third-order valence-electron chi connectivity index (χ3n) is 3.90. The zero-order valence-corrected chi connectivity index (χ0v) is 12.9. The van der Waals surface area contributed by atoms with E-state index in [-0.39, 0.29) is 17.7 Å². The number of rotatable bonds is 3. The van der Waals surface area contributed by atoms with Crippen LogP contribution in [-0.2, 0) is 11.2 Å². The molecule has 20 heavy (non-hydrogen) atoms. The number of hydrogen-bond donors (Lipinski definition) is 2. The lowest BCUT2D eigenvalue weighted by atomic mass is 9.89. The molecule has 4 nitrogen and oxygen atoms in total. The van der Waals surface area contributed by atoms with E-state index in [1.54, 1.807) is 0 Å².